The van der Waals surface area contributed by atoms with Crippen molar-refractivity contribution in [3.63, 3.8) is 0 Å². The highest BCUT2D eigenvalue weighted by atomic mass is 14.4. The van der Waals surface area contributed by atoms with Crippen molar-refractivity contribution < 1.29 is 0 Å². The lowest BCUT2D eigenvalue weighted by molar-refractivity contribution is 0.658. The van der Waals surface area contributed by atoms with Crippen molar-refractivity contribution in [3.8, 4) is 0 Å². The maximum atomic E-state index is 2.34. The number of hydrogen-bond acceptors (Lipinski definition) is 0. The van der Waals surface area contributed by atoms with Gasteiger partial charge in [0, 0.05) is 0 Å². The fourth-order valence-electron chi connectivity index (χ4n) is 3.26. The van der Waals surface area contributed by atoms with E-state index in [1.165, 1.54) is 24.8 Å². The highest BCUT2D eigenvalue weighted by Crippen LogP contribution is 2.51. The third-order valence-corrected chi connectivity index (χ3v) is 3.96. The molecule has 0 spiro atoms. The third-order valence-electron chi connectivity index (χ3n) is 3.96. The number of benzene rings is 1. The molecule has 72 valence electrons. The van der Waals surface area contributed by atoms with Gasteiger partial charge in [-0.1, -0.05) is 35.9 Å². The van der Waals surface area contributed by atoms with Gasteiger partial charge in [0.2, 0.25) is 0 Å². The fraction of sp³-hybridized carbons (Fsp3) is 0.429. The molecule has 14 heavy (non-hydrogen) atoms. The van der Waals surface area contributed by atoms with Crippen molar-refractivity contribution in [2.45, 2.75) is 26.2 Å². The van der Waals surface area contributed by atoms with E-state index in [4.69, 9.17) is 0 Å². The Morgan fingerprint density at radius 1 is 1.00 bits per heavy atom. The minimum Gasteiger partial charge on any atom is -0.0661 e. The van der Waals surface area contributed by atoms with Crippen LogP contribution in [0.5, 0.6) is 0 Å². The van der Waals surface area contributed by atoms with Gasteiger partial charge in [0.15, 0.2) is 0 Å². The van der Waals surface area contributed by atoms with Crippen LogP contribution in [0.4, 0.5) is 0 Å². The van der Waals surface area contributed by atoms with Crippen LogP contribution < -0.4 is 0 Å². The van der Waals surface area contributed by atoms with E-state index in [2.05, 4.69) is 37.3 Å². The molecule has 0 unspecified atom stereocenters. The Balaban J connectivity index is 2.07. The number of allylic oxidation sites excluding steroid dienone is 2. The molecule has 0 radical (unpaired) electrons. The summed E-state index contributed by atoms with van der Waals surface area (Å²) < 4.78 is 0. The first kappa shape index (κ1) is 8.28. The Kier molecular flexibility index (Phi) is 1.76. The van der Waals surface area contributed by atoms with E-state index in [1.54, 1.807) is 11.1 Å². The van der Waals surface area contributed by atoms with Gasteiger partial charge in [0.25, 0.3) is 0 Å². The Bertz CT molecular complexity index is 372. The summed E-state index contributed by atoms with van der Waals surface area (Å²) in [4.78, 5) is 0. The number of fused-ring (bicyclic) bond motifs is 2. The zero-order valence-corrected chi connectivity index (χ0v) is 8.66. The van der Waals surface area contributed by atoms with Crippen molar-refractivity contribution in [2.24, 2.45) is 11.8 Å². The van der Waals surface area contributed by atoms with Gasteiger partial charge in [-0.2, -0.15) is 0 Å². The van der Waals surface area contributed by atoms with E-state index in [0.29, 0.717) is 0 Å². The summed E-state index contributed by atoms with van der Waals surface area (Å²) >= 11 is 0. The van der Waals surface area contributed by atoms with Gasteiger partial charge in [-0.3, -0.25) is 0 Å². The van der Waals surface area contributed by atoms with Gasteiger partial charge in [0.05, 0.1) is 0 Å². The molecule has 0 aliphatic heterocycles. The molecular formula is C14H16. The minimum atomic E-state index is 0.877. The normalized spacial score (nSPS) is 30.1. The highest BCUT2D eigenvalue weighted by molar-refractivity contribution is 5.73. The van der Waals surface area contributed by atoms with Gasteiger partial charge < -0.3 is 0 Å². The summed E-state index contributed by atoms with van der Waals surface area (Å²) in [6.07, 6.45) is 4.29. The van der Waals surface area contributed by atoms with Crippen LogP contribution in [0.3, 0.4) is 0 Å². The van der Waals surface area contributed by atoms with Crippen LogP contribution in [0.25, 0.3) is 5.57 Å². The van der Waals surface area contributed by atoms with Gasteiger partial charge >= 0.3 is 0 Å². The molecule has 1 saturated carbocycles. The number of rotatable bonds is 1. The van der Waals surface area contributed by atoms with Gasteiger partial charge in [0.1, 0.15) is 0 Å². The summed E-state index contributed by atoms with van der Waals surface area (Å²) in [5, 5.41) is 0. The lowest BCUT2D eigenvalue weighted by atomic mass is 9.88. The van der Waals surface area contributed by atoms with Crippen LogP contribution >= 0.6 is 0 Å². The second kappa shape index (κ2) is 2.98. The Labute approximate surface area is 85.6 Å². The topological polar surface area (TPSA) is 0 Å². The zero-order chi connectivity index (χ0) is 9.54. The molecule has 0 N–H and O–H groups in total. The minimum absolute atomic E-state index is 0.877. The van der Waals surface area contributed by atoms with E-state index in [9.17, 15) is 0 Å². The monoisotopic (exact) mass is 184 g/mol. The van der Waals surface area contributed by atoms with E-state index >= 15 is 0 Å². The summed E-state index contributed by atoms with van der Waals surface area (Å²) in [7, 11) is 0. The number of hydrogen-bond donors (Lipinski definition) is 0. The van der Waals surface area contributed by atoms with Crippen molar-refractivity contribution in [2.75, 3.05) is 0 Å². The van der Waals surface area contributed by atoms with Crippen LogP contribution in [-0.2, 0) is 0 Å². The smallest absolute Gasteiger partial charge is 0.0151 e. The molecule has 1 fully saturated rings. The van der Waals surface area contributed by atoms with Crippen molar-refractivity contribution >= 4 is 5.57 Å². The first-order valence-electron chi connectivity index (χ1n) is 5.62. The van der Waals surface area contributed by atoms with E-state index in [-0.39, 0.29) is 0 Å². The average molecular weight is 184 g/mol. The summed E-state index contributed by atoms with van der Waals surface area (Å²) in [6.45, 7) is 2.34. The van der Waals surface area contributed by atoms with Crippen molar-refractivity contribution in [1.29, 1.82) is 0 Å². The average Bonchev–Trinajstić information content (AvgIpc) is 2.79. The molecule has 2 aliphatic rings. The van der Waals surface area contributed by atoms with Crippen LogP contribution in [0.2, 0.25) is 0 Å². The van der Waals surface area contributed by atoms with Gasteiger partial charge in [-0.15, -0.1) is 0 Å². The molecule has 0 aromatic heterocycles. The first-order valence-corrected chi connectivity index (χ1v) is 5.62. The fourth-order valence-corrected chi connectivity index (χ4v) is 3.26. The molecule has 0 heteroatoms. The quantitative estimate of drug-likeness (QED) is 0.621. The second-order valence-electron chi connectivity index (χ2n) is 4.67. The van der Waals surface area contributed by atoms with Crippen LogP contribution in [0.15, 0.2) is 35.9 Å². The van der Waals surface area contributed by atoms with Crippen LogP contribution in [0, 0.1) is 11.8 Å². The largest absolute Gasteiger partial charge is 0.0661 e. The van der Waals surface area contributed by atoms with Crippen LogP contribution in [-0.4, -0.2) is 0 Å². The highest BCUT2D eigenvalue weighted by Gasteiger charge is 2.37. The summed E-state index contributed by atoms with van der Waals surface area (Å²) in [6, 6.07) is 10.9. The molecule has 0 nitrogen and oxygen atoms in total. The van der Waals surface area contributed by atoms with E-state index in [0.717, 1.165) is 11.8 Å². The first-order chi connectivity index (χ1) is 6.86. The zero-order valence-electron chi connectivity index (χ0n) is 8.66. The Hall–Kier alpha value is -1.04. The predicted molar refractivity (Wildman–Crippen MR) is 59.9 cm³/mol. The molecule has 3 rings (SSSR count). The molecule has 1 aromatic carbocycles. The third kappa shape index (κ3) is 1.06. The molecule has 2 bridgehead atoms. The SMILES string of the molecule is CC1=C(c2ccccc2)[C@@H]2CC[C@H]1C2. The Morgan fingerprint density at radius 2 is 1.71 bits per heavy atom. The van der Waals surface area contributed by atoms with E-state index in [1.807, 2.05) is 0 Å². The molecule has 0 amide bonds. The van der Waals surface area contributed by atoms with Crippen molar-refractivity contribution in [1.82, 2.24) is 0 Å². The predicted octanol–water partition coefficient (Wildman–Crippen LogP) is 3.89. The molecule has 2 atom stereocenters. The van der Waals surface area contributed by atoms with Crippen LogP contribution in [0.1, 0.15) is 31.7 Å². The molecule has 0 saturated heterocycles. The van der Waals surface area contributed by atoms with E-state index < -0.39 is 0 Å². The summed E-state index contributed by atoms with van der Waals surface area (Å²) in [5.74, 6) is 1.79. The molecule has 0 heterocycles. The van der Waals surface area contributed by atoms with Crippen molar-refractivity contribution in [3.05, 3.63) is 41.5 Å². The van der Waals surface area contributed by atoms with Gasteiger partial charge in [-0.05, 0) is 49.2 Å². The lowest BCUT2D eigenvalue weighted by Gasteiger charge is -2.17. The molecule has 2 aliphatic carbocycles. The summed E-state index contributed by atoms with van der Waals surface area (Å²) in [5.41, 5.74) is 4.81. The molecular weight excluding hydrogens is 168 g/mol. The maximum Gasteiger partial charge on any atom is -0.0151 e. The standard InChI is InChI=1S/C14H16/c1-10-12-7-8-13(9-12)14(10)11-5-3-2-4-6-11/h2-6,12-13H,7-9H2,1H3/t12-,13+/m0/s1. The lowest BCUT2D eigenvalue weighted by Crippen LogP contribution is -2.00. The second-order valence-corrected chi connectivity index (χ2v) is 4.67. The van der Waals surface area contributed by atoms with Gasteiger partial charge in [-0.25, -0.2) is 0 Å². The molecule has 1 aromatic rings. The maximum absolute atomic E-state index is 2.34. The Morgan fingerprint density at radius 3 is 2.36 bits per heavy atom.